The van der Waals surface area contributed by atoms with Crippen molar-refractivity contribution < 1.29 is 13.9 Å². The molecule has 0 amide bonds. The average molecular weight is 290 g/mol. The third-order valence-electron chi connectivity index (χ3n) is 5.35. The molecule has 0 radical (unpaired) electrons. The van der Waals surface area contributed by atoms with E-state index in [4.69, 9.17) is 4.74 Å². The summed E-state index contributed by atoms with van der Waals surface area (Å²) in [7, 11) is 0. The van der Waals surface area contributed by atoms with Gasteiger partial charge in [-0.2, -0.15) is 0 Å². The van der Waals surface area contributed by atoms with E-state index in [2.05, 4.69) is 6.92 Å². The molecule has 1 heterocycles. The number of aryl methyl sites for hydroxylation is 1. The Labute approximate surface area is 125 Å². The Hall–Kier alpha value is -1.38. The zero-order valence-corrected chi connectivity index (χ0v) is 12.8. The van der Waals surface area contributed by atoms with Crippen LogP contribution < -0.4 is 4.74 Å². The lowest BCUT2D eigenvalue weighted by atomic mass is 9.73. The number of esters is 1. The second kappa shape index (κ2) is 5.78. The molecule has 0 saturated heterocycles. The van der Waals surface area contributed by atoms with Gasteiger partial charge in [-0.1, -0.05) is 38.3 Å². The highest BCUT2D eigenvalue weighted by atomic mass is 19.1. The molecule has 2 nitrogen and oxygen atoms in total. The van der Waals surface area contributed by atoms with Crippen molar-refractivity contribution in [3.63, 3.8) is 0 Å². The molecule has 0 spiro atoms. The van der Waals surface area contributed by atoms with Gasteiger partial charge in [-0.15, -0.1) is 0 Å². The average Bonchev–Trinajstić information content (AvgIpc) is 2.51. The molecular formula is C18H23FO2. The quantitative estimate of drug-likeness (QED) is 0.595. The van der Waals surface area contributed by atoms with Gasteiger partial charge in [0.15, 0.2) is 11.6 Å². The standard InChI is InChI=1S/C18H23FO2/c1-3-12-5-8-13(9-6-12)15-10-14-7-4-11(2)16(19)17(14)21-18(15)20/h4,7,12-13,15H,3,5-6,8-10H2,1-2H3. The molecule has 1 aromatic rings. The van der Waals surface area contributed by atoms with Crippen LogP contribution in [0, 0.1) is 30.5 Å². The third kappa shape index (κ3) is 2.70. The second-order valence-corrected chi connectivity index (χ2v) is 6.61. The second-order valence-electron chi connectivity index (χ2n) is 6.61. The zero-order valence-electron chi connectivity index (χ0n) is 12.8. The van der Waals surface area contributed by atoms with Crippen molar-refractivity contribution >= 4 is 5.97 Å². The number of halogens is 1. The molecule has 3 rings (SSSR count). The minimum absolute atomic E-state index is 0.0857. The maximum atomic E-state index is 14.0. The van der Waals surface area contributed by atoms with Gasteiger partial charge in [-0.3, -0.25) is 4.79 Å². The Morgan fingerprint density at radius 2 is 1.95 bits per heavy atom. The number of fused-ring (bicyclic) bond motifs is 1. The van der Waals surface area contributed by atoms with E-state index in [0.717, 1.165) is 24.3 Å². The van der Waals surface area contributed by atoms with Crippen molar-refractivity contribution in [2.75, 3.05) is 0 Å². The van der Waals surface area contributed by atoms with Gasteiger partial charge in [0.25, 0.3) is 0 Å². The zero-order chi connectivity index (χ0) is 15.0. The lowest BCUT2D eigenvalue weighted by Gasteiger charge is -2.34. The molecule has 1 fully saturated rings. The SMILES string of the molecule is CCC1CCC(C2Cc3ccc(C)c(F)c3OC2=O)CC1. The van der Waals surface area contributed by atoms with Gasteiger partial charge in [-0.25, -0.2) is 4.39 Å². The summed E-state index contributed by atoms with van der Waals surface area (Å²) in [6.07, 6.45) is 6.48. The van der Waals surface area contributed by atoms with Gasteiger partial charge in [0.1, 0.15) is 0 Å². The molecule has 0 aromatic heterocycles. The monoisotopic (exact) mass is 290 g/mol. The van der Waals surface area contributed by atoms with Crippen molar-refractivity contribution in [1.82, 2.24) is 0 Å². The number of benzene rings is 1. The molecular weight excluding hydrogens is 267 g/mol. The summed E-state index contributed by atoms with van der Waals surface area (Å²) < 4.78 is 19.4. The van der Waals surface area contributed by atoms with Crippen LogP contribution in [-0.2, 0) is 11.2 Å². The lowest BCUT2D eigenvalue weighted by molar-refractivity contribution is -0.143. The third-order valence-corrected chi connectivity index (χ3v) is 5.35. The first-order valence-electron chi connectivity index (χ1n) is 8.09. The fourth-order valence-corrected chi connectivity index (χ4v) is 3.82. The molecule has 2 aliphatic rings. The molecule has 3 heteroatoms. The van der Waals surface area contributed by atoms with Crippen LogP contribution in [0.3, 0.4) is 0 Å². The van der Waals surface area contributed by atoms with Gasteiger partial charge in [0, 0.05) is 0 Å². The van der Waals surface area contributed by atoms with Crippen LogP contribution in [0.15, 0.2) is 12.1 Å². The number of hydrogen-bond acceptors (Lipinski definition) is 2. The van der Waals surface area contributed by atoms with Crippen LogP contribution in [0.5, 0.6) is 5.75 Å². The summed E-state index contributed by atoms with van der Waals surface area (Å²) >= 11 is 0. The predicted octanol–water partition coefficient (Wildman–Crippen LogP) is 4.43. The maximum absolute atomic E-state index is 14.0. The van der Waals surface area contributed by atoms with E-state index in [1.807, 2.05) is 6.07 Å². The molecule has 1 saturated carbocycles. The number of ether oxygens (including phenoxy) is 1. The molecule has 1 aromatic carbocycles. The van der Waals surface area contributed by atoms with E-state index in [0.29, 0.717) is 17.9 Å². The number of carbonyl (C=O) groups is 1. The summed E-state index contributed by atoms with van der Waals surface area (Å²) in [5, 5.41) is 0. The van der Waals surface area contributed by atoms with E-state index in [9.17, 15) is 9.18 Å². The van der Waals surface area contributed by atoms with Crippen LogP contribution in [0.2, 0.25) is 0 Å². The predicted molar refractivity (Wildman–Crippen MR) is 79.7 cm³/mol. The first-order valence-corrected chi connectivity index (χ1v) is 8.09. The summed E-state index contributed by atoms with van der Waals surface area (Å²) in [5.41, 5.74) is 1.38. The van der Waals surface area contributed by atoms with Crippen molar-refractivity contribution in [1.29, 1.82) is 0 Å². The van der Waals surface area contributed by atoms with Gasteiger partial charge in [-0.05, 0) is 49.1 Å². The van der Waals surface area contributed by atoms with Crippen molar-refractivity contribution in [3.8, 4) is 5.75 Å². The highest BCUT2D eigenvalue weighted by Crippen LogP contribution is 2.41. The van der Waals surface area contributed by atoms with Gasteiger partial charge in [0.05, 0.1) is 5.92 Å². The number of rotatable bonds is 2. The van der Waals surface area contributed by atoms with Crippen LogP contribution >= 0.6 is 0 Å². The summed E-state index contributed by atoms with van der Waals surface area (Å²) in [4.78, 5) is 12.3. The molecule has 1 atom stereocenters. The Morgan fingerprint density at radius 3 is 2.62 bits per heavy atom. The molecule has 0 bridgehead atoms. The van der Waals surface area contributed by atoms with Crippen LogP contribution in [-0.4, -0.2) is 5.97 Å². The Kier molecular flexibility index (Phi) is 4.01. The summed E-state index contributed by atoms with van der Waals surface area (Å²) in [5.74, 6) is 0.683. The van der Waals surface area contributed by atoms with E-state index in [1.54, 1.807) is 13.0 Å². The van der Waals surface area contributed by atoms with Gasteiger partial charge >= 0.3 is 5.97 Å². The molecule has 21 heavy (non-hydrogen) atoms. The van der Waals surface area contributed by atoms with Gasteiger partial charge in [0.2, 0.25) is 0 Å². The fraction of sp³-hybridized carbons (Fsp3) is 0.611. The minimum Gasteiger partial charge on any atom is -0.423 e. The largest absolute Gasteiger partial charge is 0.423 e. The highest BCUT2D eigenvalue weighted by molar-refractivity contribution is 5.78. The number of carbonyl (C=O) groups excluding carboxylic acids is 1. The van der Waals surface area contributed by atoms with Crippen LogP contribution in [0.1, 0.15) is 50.2 Å². The lowest BCUT2D eigenvalue weighted by Crippen LogP contribution is -2.35. The Balaban J connectivity index is 1.77. The van der Waals surface area contributed by atoms with E-state index in [-0.39, 0.29) is 23.5 Å². The normalized spacial score (nSPS) is 28.9. The molecule has 1 unspecified atom stereocenters. The Bertz CT molecular complexity index is 544. The topological polar surface area (TPSA) is 26.3 Å². The van der Waals surface area contributed by atoms with E-state index >= 15 is 0 Å². The van der Waals surface area contributed by atoms with Crippen molar-refractivity contribution in [3.05, 3.63) is 29.1 Å². The van der Waals surface area contributed by atoms with E-state index < -0.39 is 0 Å². The first-order chi connectivity index (χ1) is 10.1. The first kappa shape index (κ1) is 14.6. The smallest absolute Gasteiger partial charge is 0.315 e. The Morgan fingerprint density at radius 1 is 1.24 bits per heavy atom. The summed E-state index contributed by atoms with van der Waals surface area (Å²) in [6.45, 7) is 3.93. The molecule has 1 aliphatic carbocycles. The molecule has 1 aliphatic heterocycles. The maximum Gasteiger partial charge on any atom is 0.315 e. The van der Waals surface area contributed by atoms with Gasteiger partial charge < -0.3 is 4.74 Å². The van der Waals surface area contributed by atoms with Crippen molar-refractivity contribution in [2.45, 2.75) is 52.4 Å². The van der Waals surface area contributed by atoms with Crippen LogP contribution in [0.4, 0.5) is 4.39 Å². The minimum atomic E-state index is -0.381. The molecule has 0 N–H and O–H groups in total. The highest BCUT2D eigenvalue weighted by Gasteiger charge is 2.37. The van der Waals surface area contributed by atoms with Crippen molar-refractivity contribution in [2.24, 2.45) is 17.8 Å². The van der Waals surface area contributed by atoms with E-state index in [1.165, 1.54) is 19.3 Å². The fourth-order valence-electron chi connectivity index (χ4n) is 3.82. The number of hydrogen-bond donors (Lipinski definition) is 0. The summed E-state index contributed by atoms with van der Waals surface area (Å²) in [6, 6.07) is 3.68. The van der Waals surface area contributed by atoms with Crippen LogP contribution in [0.25, 0.3) is 0 Å². The molecule has 114 valence electrons.